The fraction of sp³-hybridized carbons (Fsp3) is 0.273. The van der Waals surface area contributed by atoms with Gasteiger partial charge in [-0.2, -0.15) is 0 Å². The number of halogens is 2. The topological polar surface area (TPSA) is 78.4 Å². The van der Waals surface area contributed by atoms with E-state index in [9.17, 15) is 9.59 Å². The van der Waals surface area contributed by atoms with Crippen molar-refractivity contribution in [2.24, 2.45) is 0 Å². The smallest absolute Gasteiger partial charge is 0.328 e. The first-order valence-corrected chi connectivity index (χ1v) is 5.84. The maximum Gasteiger partial charge on any atom is 0.328 e. The van der Waals surface area contributed by atoms with Crippen molar-refractivity contribution in [3.05, 3.63) is 28.2 Å². The molecular weight excluding hydrogens is 279 g/mol. The number of anilines is 1. The molecule has 1 aromatic carbocycles. The van der Waals surface area contributed by atoms with E-state index in [0.717, 1.165) is 0 Å². The van der Waals surface area contributed by atoms with Crippen LogP contribution in [0.25, 0.3) is 0 Å². The van der Waals surface area contributed by atoms with E-state index >= 15 is 0 Å². The summed E-state index contributed by atoms with van der Waals surface area (Å²) in [5.74, 6) is -1.52. The zero-order chi connectivity index (χ0) is 13.7. The number of rotatable bonds is 5. The first kappa shape index (κ1) is 14.6. The molecule has 1 aromatic rings. The van der Waals surface area contributed by atoms with Crippen LogP contribution in [-0.2, 0) is 9.59 Å². The van der Waals surface area contributed by atoms with Gasteiger partial charge in [0, 0.05) is 19.2 Å². The molecule has 0 heterocycles. The second-order valence-corrected chi connectivity index (χ2v) is 4.42. The van der Waals surface area contributed by atoms with Gasteiger partial charge in [-0.15, -0.1) is 0 Å². The van der Waals surface area contributed by atoms with E-state index in [1.165, 1.54) is 6.92 Å². The summed E-state index contributed by atoms with van der Waals surface area (Å²) in [7, 11) is 0. The summed E-state index contributed by atoms with van der Waals surface area (Å²) in [5.41, 5.74) is 0.626. The lowest BCUT2D eigenvalue weighted by molar-refractivity contribution is -0.141. The maximum atomic E-state index is 10.9. The van der Waals surface area contributed by atoms with E-state index in [0.29, 0.717) is 15.7 Å². The zero-order valence-corrected chi connectivity index (χ0v) is 11.0. The molecule has 0 fully saturated rings. The average Bonchev–Trinajstić information content (AvgIpc) is 2.28. The number of hydrogen-bond donors (Lipinski definition) is 3. The van der Waals surface area contributed by atoms with Gasteiger partial charge in [-0.1, -0.05) is 23.2 Å². The number of benzene rings is 1. The molecule has 0 spiro atoms. The van der Waals surface area contributed by atoms with Crippen molar-refractivity contribution < 1.29 is 14.7 Å². The van der Waals surface area contributed by atoms with Crippen LogP contribution < -0.4 is 10.6 Å². The number of amides is 1. The van der Waals surface area contributed by atoms with E-state index < -0.39 is 17.9 Å². The number of nitrogens with one attached hydrogen (secondary N) is 2. The highest BCUT2D eigenvalue weighted by molar-refractivity contribution is 6.42. The van der Waals surface area contributed by atoms with Gasteiger partial charge in [0.05, 0.1) is 10.0 Å². The number of carboxylic acids is 1. The number of aliphatic carboxylic acids is 1. The van der Waals surface area contributed by atoms with Crippen LogP contribution >= 0.6 is 23.2 Å². The van der Waals surface area contributed by atoms with Crippen LogP contribution in [0.15, 0.2) is 18.2 Å². The lowest BCUT2D eigenvalue weighted by Crippen LogP contribution is -2.44. The minimum Gasteiger partial charge on any atom is -0.480 e. The van der Waals surface area contributed by atoms with Gasteiger partial charge in [0.25, 0.3) is 0 Å². The highest BCUT2D eigenvalue weighted by Gasteiger charge is 2.17. The first-order chi connectivity index (χ1) is 8.40. The van der Waals surface area contributed by atoms with Crippen molar-refractivity contribution >= 4 is 40.8 Å². The molecule has 5 nitrogen and oxygen atoms in total. The number of carboxylic acid groups (broad SMARTS) is 1. The van der Waals surface area contributed by atoms with E-state index in [1.54, 1.807) is 18.2 Å². The largest absolute Gasteiger partial charge is 0.480 e. The summed E-state index contributed by atoms with van der Waals surface area (Å²) in [6.07, 6.45) is 0. The van der Waals surface area contributed by atoms with E-state index in [1.807, 2.05) is 0 Å². The van der Waals surface area contributed by atoms with Gasteiger partial charge >= 0.3 is 5.97 Å². The minimum atomic E-state index is -1.11. The SMILES string of the molecule is CC(=O)NC(CNc1ccc(Cl)c(Cl)c1)C(=O)O. The number of hydrogen-bond acceptors (Lipinski definition) is 3. The molecular formula is C11H12Cl2N2O3. The van der Waals surface area contributed by atoms with Crippen molar-refractivity contribution in [3.63, 3.8) is 0 Å². The molecule has 0 saturated carbocycles. The van der Waals surface area contributed by atoms with Gasteiger partial charge in [-0.05, 0) is 18.2 Å². The van der Waals surface area contributed by atoms with Gasteiger partial charge in [0.15, 0.2) is 0 Å². The number of carbonyl (C=O) groups is 2. The summed E-state index contributed by atoms with van der Waals surface area (Å²) in [6.45, 7) is 1.31. The van der Waals surface area contributed by atoms with Crippen LogP contribution in [0, 0.1) is 0 Å². The quantitative estimate of drug-likeness (QED) is 0.775. The Labute approximate surface area is 114 Å². The second-order valence-electron chi connectivity index (χ2n) is 3.60. The third kappa shape index (κ3) is 4.43. The minimum absolute atomic E-state index is 0.0485. The molecule has 7 heteroatoms. The fourth-order valence-electron chi connectivity index (χ4n) is 1.27. The Morgan fingerprint density at radius 2 is 2.00 bits per heavy atom. The molecule has 1 rings (SSSR count). The Bertz CT molecular complexity index is 466. The normalized spacial score (nSPS) is 11.7. The number of carbonyl (C=O) groups excluding carboxylic acids is 1. The Balaban J connectivity index is 2.64. The van der Waals surface area contributed by atoms with Crippen molar-refractivity contribution in [3.8, 4) is 0 Å². The molecule has 0 aromatic heterocycles. The van der Waals surface area contributed by atoms with E-state index in [4.69, 9.17) is 28.3 Å². The highest BCUT2D eigenvalue weighted by atomic mass is 35.5. The molecule has 0 aliphatic heterocycles. The monoisotopic (exact) mass is 290 g/mol. The molecule has 1 atom stereocenters. The maximum absolute atomic E-state index is 10.9. The lowest BCUT2D eigenvalue weighted by atomic mass is 10.2. The van der Waals surface area contributed by atoms with Crippen LogP contribution in [0.5, 0.6) is 0 Å². The lowest BCUT2D eigenvalue weighted by Gasteiger charge is -2.15. The van der Waals surface area contributed by atoms with Crippen molar-refractivity contribution in [1.29, 1.82) is 0 Å². The van der Waals surface area contributed by atoms with Crippen LogP contribution in [0.1, 0.15) is 6.92 Å². The highest BCUT2D eigenvalue weighted by Crippen LogP contribution is 2.24. The Morgan fingerprint density at radius 3 is 2.50 bits per heavy atom. The summed E-state index contributed by atoms with van der Waals surface area (Å²) >= 11 is 11.6. The average molecular weight is 291 g/mol. The fourth-order valence-corrected chi connectivity index (χ4v) is 1.57. The van der Waals surface area contributed by atoms with Crippen LogP contribution in [0.3, 0.4) is 0 Å². The molecule has 98 valence electrons. The summed E-state index contributed by atoms with van der Waals surface area (Å²) in [6, 6.07) is 3.84. The van der Waals surface area contributed by atoms with Gasteiger partial charge < -0.3 is 15.7 Å². The van der Waals surface area contributed by atoms with E-state index in [-0.39, 0.29) is 6.54 Å². The Hall–Kier alpha value is -1.46. The zero-order valence-electron chi connectivity index (χ0n) is 9.54. The molecule has 1 amide bonds. The molecule has 0 aliphatic rings. The second kappa shape index (κ2) is 6.47. The Morgan fingerprint density at radius 1 is 1.33 bits per heavy atom. The van der Waals surface area contributed by atoms with Gasteiger partial charge in [0.1, 0.15) is 6.04 Å². The molecule has 0 aliphatic carbocycles. The summed E-state index contributed by atoms with van der Waals surface area (Å²) in [5, 5.41) is 14.9. The molecule has 0 bridgehead atoms. The Kier molecular flexibility index (Phi) is 5.25. The van der Waals surface area contributed by atoms with Crippen LogP contribution in [-0.4, -0.2) is 29.6 Å². The molecule has 1 unspecified atom stereocenters. The van der Waals surface area contributed by atoms with Gasteiger partial charge in [0.2, 0.25) is 5.91 Å². The van der Waals surface area contributed by atoms with E-state index in [2.05, 4.69) is 10.6 Å². The standard InChI is InChI=1S/C11H12Cl2N2O3/c1-6(16)15-10(11(17)18)5-14-7-2-3-8(12)9(13)4-7/h2-4,10,14H,5H2,1H3,(H,15,16)(H,17,18). The molecule has 18 heavy (non-hydrogen) atoms. The molecule has 0 saturated heterocycles. The predicted octanol–water partition coefficient (Wildman–Crippen LogP) is 1.99. The van der Waals surface area contributed by atoms with Crippen molar-refractivity contribution in [1.82, 2.24) is 5.32 Å². The van der Waals surface area contributed by atoms with Crippen LogP contribution in [0.2, 0.25) is 10.0 Å². The first-order valence-electron chi connectivity index (χ1n) is 5.09. The molecule has 0 radical (unpaired) electrons. The van der Waals surface area contributed by atoms with Crippen LogP contribution in [0.4, 0.5) is 5.69 Å². The third-order valence-electron chi connectivity index (χ3n) is 2.11. The van der Waals surface area contributed by atoms with Gasteiger partial charge in [-0.3, -0.25) is 4.79 Å². The van der Waals surface area contributed by atoms with Gasteiger partial charge in [-0.25, -0.2) is 4.79 Å². The summed E-state index contributed by atoms with van der Waals surface area (Å²) < 4.78 is 0. The van der Waals surface area contributed by atoms with Crippen molar-refractivity contribution in [2.75, 3.05) is 11.9 Å². The third-order valence-corrected chi connectivity index (χ3v) is 2.84. The summed E-state index contributed by atoms with van der Waals surface area (Å²) in [4.78, 5) is 21.7. The molecule has 3 N–H and O–H groups in total. The predicted molar refractivity (Wildman–Crippen MR) is 70.2 cm³/mol. The van der Waals surface area contributed by atoms with Crippen molar-refractivity contribution in [2.45, 2.75) is 13.0 Å².